The second-order valence-electron chi connectivity index (χ2n) is 5.35. The minimum atomic E-state index is -0.281. The van der Waals surface area contributed by atoms with Crippen molar-refractivity contribution >= 4 is 22.6 Å². The molecule has 0 aliphatic carbocycles. The first-order chi connectivity index (χ1) is 11.7. The van der Waals surface area contributed by atoms with Crippen LogP contribution in [0.1, 0.15) is 10.5 Å². The molecular weight excluding hydrogens is 304 g/mol. The van der Waals surface area contributed by atoms with Crippen LogP contribution < -0.4 is 5.32 Å². The number of nitrogens with zero attached hydrogens (tertiary/aromatic N) is 4. The van der Waals surface area contributed by atoms with Gasteiger partial charge in [0.25, 0.3) is 5.91 Å². The molecule has 4 aromatic rings. The van der Waals surface area contributed by atoms with Crippen LogP contribution in [0.25, 0.3) is 22.2 Å². The van der Waals surface area contributed by atoms with Gasteiger partial charge in [0.2, 0.25) is 0 Å². The van der Waals surface area contributed by atoms with Crippen LogP contribution in [-0.2, 0) is 7.05 Å². The average Bonchev–Trinajstić information content (AvgIpc) is 3.20. The Bertz CT molecular complexity index is 1020. The van der Waals surface area contributed by atoms with E-state index in [1.807, 2.05) is 42.5 Å². The Morgan fingerprint density at radius 2 is 1.96 bits per heavy atom. The van der Waals surface area contributed by atoms with Crippen LogP contribution in [0.2, 0.25) is 0 Å². The second-order valence-corrected chi connectivity index (χ2v) is 5.35. The Morgan fingerprint density at radius 1 is 1.17 bits per heavy atom. The number of hydrogen-bond donors (Lipinski definition) is 2. The van der Waals surface area contributed by atoms with E-state index in [1.54, 1.807) is 24.1 Å². The maximum atomic E-state index is 12.5. The van der Waals surface area contributed by atoms with Gasteiger partial charge >= 0.3 is 0 Å². The summed E-state index contributed by atoms with van der Waals surface area (Å²) in [6, 6.07) is 13.1. The number of amides is 1. The van der Waals surface area contributed by atoms with E-state index in [9.17, 15) is 4.79 Å². The number of para-hydroxylation sites is 1. The summed E-state index contributed by atoms with van der Waals surface area (Å²) in [5, 5.41) is 15.0. The molecule has 118 valence electrons. The highest BCUT2D eigenvalue weighted by Crippen LogP contribution is 2.22. The van der Waals surface area contributed by atoms with Gasteiger partial charge in [-0.2, -0.15) is 10.2 Å². The van der Waals surface area contributed by atoms with Gasteiger partial charge in [-0.1, -0.05) is 18.2 Å². The fraction of sp³-hybridized carbons (Fsp3) is 0.0588. The van der Waals surface area contributed by atoms with Crippen LogP contribution >= 0.6 is 0 Å². The third-order valence-corrected chi connectivity index (χ3v) is 3.78. The summed E-state index contributed by atoms with van der Waals surface area (Å²) in [6.45, 7) is 0. The maximum absolute atomic E-state index is 12.5. The quantitative estimate of drug-likeness (QED) is 0.608. The van der Waals surface area contributed by atoms with Gasteiger partial charge in [-0.05, 0) is 18.2 Å². The third kappa shape index (κ3) is 2.41. The van der Waals surface area contributed by atoms with Gasteiger partial charge in [0, 0.05) is 36.5 Å². The molecule has 0 bridgehead atoms. The number of aryl methyl sites for hydroxylation is 1. The smallest absolute Gasteiger partial charge is 0.277 e. The van der Waals surface area contributed by atoms with E-state index in [4.69, 9.17) is 0 Å². The summed E-state index contributed by atoms with van der Waals surface area (Å²) >= 11 is 0. The van der Waals surface area contributed by atoms with Crippen molar-refractivity contribution in [3.63, 3.8) is 0 Å². The first-order valence-corrected chi connectivity index (χ1v) is 7.41. The summed E-state index contributed by atoms with van der Waals surface area (Å²) in [6.07, 6.45) is 3.41. The predicted molar refractivity (Wildman–Crippen MR) is 90.5 cm³/mol. The van der Waals surface area contributed by atoms with Gasteiger partial charge in [-0.3, -0.25) is 19.6 Å². The number of anilines is 1. The molecule has 3 heterocycles. The molecule has 0 aliphatic heterocycles. The zero-order chi connectivity index (χ0) is 16.5. The molecule has 0 radical (unpaired) electrons. The summed E-state index contributed by atoms with van der Waals surface area (Å²) in [5.41, 5.74) is 2.88. The average molecular weight is 318 g/mol. The second kappa shape index (κ2) is 5.62. The SMILES string of the molecule is Cn1nc(-c2ccncc2)cc1NC(=O)c1n[nH]c2ccccc12. The number of H-pyrrole nitrogens is 1. The van der Waals surface area contributed by atoms with Gasteiger partial charge in [-0.15, -0.1) is 0 Å². The van der Waals surface area contributed by atoms with Crippen LogP contribution in [-0.4, -0.2) is 30.9 Å². The van der Waals surface area contributed by atoms with E-state index in [-0.39, 0.29) is 5.91 Å². The van der Waals surface area contributed by atoms with E-state index in [2.05, 4.69) is 25.6 Å². The molecule has 1 amide bonds. The molecule has 1 aromatic carbocycles. The molecule has 0 saturated heterocycles. The number of fused-ring (bicyclic) bond motifs is 1. The van der Waals surface area contributed by atoms with Crippen molar-refractivity contribution in [2.24, 2.45) is 7.05 Å². The molecular formula is C17H14N6O. The Labute approximate surface area is 137 Å². The Kier molecular flexibility index (Phi) is 3.31. The largest absolute Gasteiger partial charge is 0.305 e. The molecule has 7 nitrogen and oxygen atoms in total. The molecule has 0 spiro atoms. The lowest BCUT2D eigenvalue weighted by Gasteiger charge is -2.02. The van der Waals surface area contributed by atoms with Gasteiger partial charge < -0.3 is 5.32 Å². The zero-order valence-electron chi connectivity index (χ0n) is 12.9. The van der Waals surface area contributed by atoms with E-state index in [0.29, 0.717) is 11.5 Å². The van der Waals surface area contributed by atoms with Crippen LogP contribution in [0.5, 0.6) is 0 Å². The maximum Gasteiger partial charge on any atom is 0.277 e. The number of benzene rings is 1. The minimum absolute atomic E-state index is 0.281. The lowest BCUT2D eigenvalue weighted by Crippen LogP contribution is -2.15. The molecule has 24 heavy (non-hydrogen) atoms. The lowest BCUT2D eigenvalue weighted by atomic mass is 10.2. The van der Waals surface area contributed by atoms with Crippen molar-refractivity contribution in [2.45, 2.75) is 0 Å². The molecule has 4 rings (SSSR count). The molecule has 0 fully saturated rings. The Morgan fingerprint density at radius 3 is 2.79 bits per heavy atom. The number of carbonyl (C=O) groups is 1. The third-order valence-electron chi connectivity index (χ3n) is 3.78. The van der Waals surface area contributed by atoms with Crippen molar-refractivity contribution in [3.8, 4) is 11.3 Å². The van der Waals surface area contributed by atoms with Crippen molar-refractivity contribution < 1.29 is 4.79 Å². The number of rotatable bonds is 3. The van der Waals surface area contributed by atoms with E-state index < -0.39 is 0 Å². The first-order valence-electron chi connectivity index (χ1n) is 7.41. The van der Waals surface area contributed by atoms with Crippen molar-refractivity contribution in [3.05, 3.63) is 60.6 Å². The van der Waals surface area contributed by atoms with E-state index in [1.165, 1.54) is 0 Å². The van der Waals surface area contributed by atoms with Crippen LogP contribution in [0.15, 0.2) is 54.9 Å². The molecule has 3 aromatic heterocycles. The number of aromatic amines is 1. The highest BCUT2D eigenvalue weighted by molar-refractivity contribution is 6.10. The zero-order valence-corrected chi connectivity index (χ0v) is 12.9. The predicted octanol–water partition coefficient (Wildman–Crippen LogP) is 2.61. The van der Waals surface area contributed by atoms with Crippen molar-refractivity contribution in [1.29, 1.82) is 0 Å². The number of aromatic nitrogens is 5. The van der Waals surface area contributed by atoms with Crippen LogP contribution in [0.3, 0.4) is 0 Å². The summed E-state index contributed by atoms with van der Waals surface area (Å²) in [4.78, 5) is 16.5. The fourth-order valence-electron chi connectivity index (χ4n) is 2.56. The van der Waals surface area contributed by atoms with Gasteiger partial charge in [0.05, 0.1) is 11.2 Å². The number of carbonyl (C=O) groups excluding carboxylic acids is 1. The molecule has 0 atom stereocenters. The minimum Gasteiger partial charge on any atom is -0.305 e. The van der Waals surface area contributed by atoms with Crippen LogP contribution in [0.4, 0.5) is 5.82 Å². The molecule has 0 saturated carbocycles. The van der Waals surface area contributed by atoms with Gasteiger partial charge in [-0.25, -0.2) is 0 Å². The topological polar surface area (TPSA) is 88.5 Å². The van der Waals surface area contributed by atoms with Gasteiger partial charge in [0.1, 0.15) is 5.82 Å². The molecule has 2 N–H and O–H groups in total. The normalized spacial score (nSPS) is 10.9. The number of hydrogen-bond acceptors (Lipinski definition) is 4. The fourth-order valence-corrected chi connectivity index (χ4v) is 2.56. The summed E-state index contributed by atoms with van der Waals surface area (Å²) in [7, 11) is 1.78. The first kappa shape index (κ1) is 14.1. The standard InChI is InChI=1S/C17H14N6O/c1-23-15(10-14(22-23)11-6-8-18-9-7-11)19-17(24)16-12-4-2-3-5-13(12)20-21-16/h2-10H,1H3,(H,19,24)(H,20,21). The number of nitrogens with one attached hydrogen (secondary N) is 2. The Hall–Kier alpha value is -3.48. The van der Waals surface area contributed by atoms with Crippen molar-refractivity contribution in [1.82, 2.24) is 25.0 Å². The molecule has 7 heteroatoms. The van der Waals surface area contributed by atoms with Crippen LogP contribution in [0, 0.1) is 0 Å². The highest BCUT2D eigenvalue weighted by Gasteiger charge is 2.16. The highest BCUT2D eigenvalue weighted by atomic mass is 16.2. The summed E-state index contributed by atoms with van der Waals surface area (Å²) in [5.74, 6) is 0.315. The molecule has 0 aliphatic rings. The Balaban J connectivity index is 1.64. The van der Waals surface area contributed by atoms with E-state index >= 15 is 0 Å². The van der Waals surface area contributed by atoms with Gasteiger partial charge in [0.15, 0.2) is 5.69 Å². The monoisotopic (exact) mass is 318 g/mol. The molecule has 0 unspecified atom stereocenters. The number of pyridine rings is 1. The van der Waals surface area contributed by atoms with Crippen molar-refractivity contribution in [2.75, 3.05) is 5.32 Å². The summed E-state index contributed by atoms with van der Waals surface area (Å²) < 4.78 is 1.63. The van der Waals surface area contributed by atoms with E-state index in [0.717, 1.165) is 22.2 Å². The lowest BCUT2D eigenvalue weighted by molar-refractivity contribution is 0.102.